The molecule has 3 heteroatoms. The third kappa shape index (κ3) is 1.49. The number of rotatable bonds is 1. The molecule has 1 heterocycles. The average molecular weight is 150 g/mol. The van der Waals surface area contributed by atoms with Gasteiger partial charge in [-0.05, 0) is 18.4 Å². The summed E-state index contributed by atoms with van der Waals surface area (Å²) in [5.41, 5.74) is 0. The van der Waals surface area contributed by atoms with Gasteiger partial charge in [-0.1, -0.05) is 6.57 Å². The molecule has 50 valence electrons. The van der Waals surface area contributed by atoms with Crippen LogP contribution in [0.25, 0.3) is 4.85 Å². The van der Waals surface area contributed by atoms with Crippen LogP contribution in [0.5, 0.6) is 0 Å². The molecule has 0 saturated heterocycles. The summed E-state index contributed by atoms with van der Waals surface area (Å²) < 4.78 is 0. The molecule has 1 rings (SSSR count). The molecular formula is C7H6N2S. The van der Waals surface area contributed by atoms with E-state index in [1.165, 1.54) is 0 Å². The maximum atomic E-state index is 6.67. The van der Waals surface area contributed by atoms with Crippen LogP contribution in [-0.2, 0) is 0 Å². The van der Waals surface area contributed by atoms with Gasteiger partial charge in [0.2, 0.25) is 0 Å². The monoisotopic (exact) mass is 150 g/mol. The van der Waals surface area contributed by atoms with Gasteiger partial charge in [-0.15, -0.1) is 16.7 Å². The first-order valence-corrected chi connectivity index (χ1v) is 3.97. The van der Waals surface area contributed by atoms with Gasteiger partial charge >= 0.3 is 0 Å². The van der Waals surface area contributed by atoms with E-state index in [-0.39, 0.29) is 0 Å². The number of aromatic nitrogens is 1. The average Bonchev–Trinajstić information content (AvgIpc) is 2.05. The summed E-state index contributed by atoms with van der Waals surface area (Å²) >= 11 is 1.61. The van der Waals surface area contributed by atoms with Crippen molar-refractivity contribution in [2.45, 2.75) is 4.90 Å². The van der Waals surface area contributed by atoms with E-state index in [2.05, 4.69) is 9.83 Å². The molecule has 0 atom stereocenters. The van der Waals surface area contributed by atoms with Gasteiger partial charge in [-0.25, -0.2) is 0 Å². The Kier molecular flexibility index (Phi) is 2.30. The fourth-order valence-corrected chi connectivity index (χ4v) is 1.01. The normalized spacial score (nSPS) is 8.80. The molecule has 0 aliphatic heterocycles. The molecule has 0 aliphatic rings. The summed E-state index contributed by atoms with van der Waals surface area (Å²) in [4.78, 5) is 8.13. The van der Waals surface area contributed by atoms with Crippen LogP contribution in [-0.4, -0.2) is 11.2 Å². The van der Waals surface area contributed by atoms with Crippen LogP contribution >= 0.6 is 11.8 Å². The Morgan fingerprint density at radius 2 is 2.50 bits per heavy atom. The Balaban J connectivity index is 3.01. The Hall–Kier alpha value is -1.01. The lowest BCUT2D eigenvalue weighted by molar-refractivity contribution is 1.29. The molecule has 0 unspecified atom stereocenters. The molecule has 0 amide bonds. The third-order valence-electron chi connectivity index (χ3n) is 1.07. The minimum atomic E-state index is 0.465. The zero-order chi connectivity index (χ0) is 7.40. The van der Waals surface area contributed by atoms with Crippen molar-refractivity contribution in [3.8, 4) is 0 Å². The molecule has 0 fully saturated rings. The van der Waals surface area contributed by atoms with Gasteiger partial charge in [0.1, 0.15) is 6.20 Å². The number of pyridine rings is 1. The van der Waals surface area contributed by atoms with Crippen LogP contribution in [0.2, 0.25) is 0 Å². The fourth-order valence-electron chi connectivity index (χ4n) is 0.588. The van der Waals surface area contributed by atoms with Crippen molar-refractivity contribution in [1.29, 1.82) is 0 Å². The van der Waals surface area contributed by atoms with Crippen LogP contribution in [0.1, 0.15) is 0 Å². The van der Waals surface area contributed by atoms with E-state index in [1.54, 1.807) is 24.0 Å². The molecule has 0 spiro atoms. The van der Waals surface area contributed by atoms with Gasteiger partial charge in [-0.2, -0.15) is 0 Å². The summed E-state index contributed by atoms with van der Waals surface area (Å²) in [6.07, 6.45) is 3.63. The minimum Gasteiger partial charge on any atom is -0.361 e. The van der Waals surface area contributed by atoms with Crippen molar-refractivity contribution >= 4 is 17.6 Å². The molecule has 1 aromatic rings. The molecule has 0 N–H and O–H groups in total. The predicted molar refractivity (Wildman–Crippen MR) is 42.3 cm³/mol. The number of hydrogen-bond acceptors (Lipinski definition) is 2. The molecule has 0 radical (unpaired) electrons. The molecule has 1 aromatic heterocycles. The van der Waals surface area contributed by atoms with E-state index in [1.807, 2.05) is 12.3 Å². The smallest absolute Gasteiger partial charge is 0.270 e. The highest BCUT2D eigenvalue weighted by molar-refractivity contribution is 7.98. The van der Waals surface area contributed by atoms with E-state index in [0.717, 1.165) is 4.90 Å². The van der Waals surface area contributed by atoms with Crippen molar-refractivity contribution < 1.29 is 0 Å². The second-order valence-electron chi connectivity index (χ2n) is 1.67. The second kappa shape index (κ2) is 3.23. The van der Waals surface area contributed by atoms with E-state index in [9.17, 15) is 0 Å². The van der Waals surface area contributed by atoms with E-state index in [0.29, 0.717) is 5.82 Å². The van der Waals surface area contributed by atoms with Crippen molar-refractivity contribution in [2.24, 2.45) is 0 Å². The van der Waals surface area contributed by atoms with Crippen molar-refractivity contribution in [1.82, 2.24) is 4.98 Å². The second-order valence-corrected chi connectivity index (χ2v) is 2.55. The third-order valence-corrected chi connectivity index (χ3v) is 1.79. The number of thioether (sulfide) groups is 1. The van der Waals surface area contributed by atoms with Crippen LogP contribution in [0.3, 0.4) is 0 Å². The molecule has 0 aromatic carbocycles. The van der Waals surface area contributed by atoms with Gasteiger partial charge in [-0.3, -0.25) is 0 Å². The summed E-state index contributed by atoms with van der Waals surface area (Å²) in [5, 5.41) is 0. The van der Waals surface area contributed by atoms with Gasteiger partial charge in [0.25, 0.3) is 5.82 Å². The summed E-state index contributed by atoms with van der Waals surface area (Å²) in [6, 6.07) is 3.66. The zero-order valence-corrected chi connectivity index (χ0v) is 6.35. The van der Waals surface area contributed by atoms with Gasteiger partial charge in [0, 0.05) is 4.90 Å². The SMILES string of the molecule is [C-]#[N+]c1cc(SC)ccn1. The topological polar surface area (TPSA) is 17.2 Å². The molecule has 0 saturated carbocycles. The molecule has 0 bridgehead atoms. The highest BCUT2D eigenvalue weighted by Crippen LogP contribution is 2.17. The van der Waals surface area contributed by atoms with Crippen molar-refractivity contribution in [2.75, 3.05) is 6.26 Å². The number of hydrogen-bond donors (Lipinski definition) is 0. The lowest BCUT2D eigenvalue weighted by atomic mass is 10.5. The van der Waals surface area contributed by atoms with Crippen LogP contribution in [0, 0.1) is 6.57 Å². The molecule has 2 nitrogen and oxygen atoms in total. The Morgan fingerprint density at radius 1 is 1.70 bits per heavy atom. The lowest BCUT2D eigenvalue weighted by Crippen LogP contribution is -1.71. The first-order valence-electron chi connectivity index (χ1n) is 2.74. The largest absolute Gasteiger partial charge is 0.361 e. The van der Waals surface area contributed by atoms with Gasteiger partial charge in [0.05, 0.1) is 0 Å². The van der Waals surface area contributed by atoms with E-state index >= 15 is 0 Å². The quantitative estimate of drug-likeness (QED) is 0.451. The fraction of sp³-hybridized carbons (Fsp3) is 0.143. The summed E-state index contributed by atoms with van der Waals surface area (Å²) in [7, 11) is 0. The Morgan fingerprint density at radius 3 is 3.10 bits per heavy atom. The van der Waals surface area contributed by atoms with E-state index in [4.69, 9.17) is 6.57 Å². The minimum absolute atomic E-state index is 0.465. The van der Waals surface area contributed by atoms with Crippen molar-refractivity contribution in [3.05, 3.63) is 29.7 Å². The lowest BCUT2D eigenvalue weighted by Gasteiger charge is -1.91. The Bertz CT molecular complexity index is 265. The van der Waals surface area contributed by atoms with Crippen LogP contribution in [0.4, 0.5) is 5.82 Å². The van der Waals surface area contributed by atoms with Crippen molar-refractivity contribution in [3.63, 3.8) is 0 Å². The van der Waals surface area contributed by atoms with E-state index < -0.39 is 0 Å². The first kappa shape index (κ1) is 7.10. The maximum Gasteiger partial charge on any atom is 0.270 e. The molecular weight excluding hydrogens is 144 g/mol. The molecule has 10 heavy (non-hydrogen) atoms. The first-order chi connectivity index (χ1) is 4.86. The van der Waals surface area contributed by atoms with Gasteiger partial charge in [0.15, 0.2) is 0 Å². The maximum absolute atomic E-state index is 6.67. The standard InChI is InChI=1S/C7H6N2S/c1-8-7-5-6(10-2)3-4-9-7/h3-5H,2H3. The molecule has 0 aliphatic carbocycles. The van der Waals surface area contributed by atoms with Gasteiger partial charge < -0.3 is 4.85 Å². The summed E-state index contributed by atoms with van der Waals surface area (Å²) in [5.74, 6) is 0.465. The predicted octanol–water partition coefficient (Wildman–Crippen LogP) is 2.35. The summed E-state index contributed by atoms with van der Waals surface area (Å²) in [6.45, 7) is 6.67. The Labute approximate surface area is 64.1 Å². The van der Waals surface area contributed by atoms with Crippen LogP contribution in [0.15, 0.2) is 23.2 Å². The number of nitrogens with zero attached hydrogens (tertiary/aromatic N) is 2. The highest BCUT2D eigenvalue weighted by atomic mass is 32.2. The zero-order valence-electron chi connectivity index (χ0n) is 5.53. The highest BCUT2D eigenvalue weighted by Gasteiger charge is 1.93. The van der Waals surface area contributed by atoms with Crippen LogP contribution < -0.4 is 0 Å².